The molecule has 1 aromatic carbocycles. The molecule has 0 bridgehead atoms. The van der Waals surface area contributed by atoms with Gasteiger partial charge in [0.25, 0.3) is 0 Å². The van der Waals surface area contributed by atoms with Gasteiger partial charge in [0.15, 0.2) is 5.82 Å². The Hall–Kier alpha value is -2.87. The zero-order valence-electron chi connectivity index (χ0n) is 14.1. The summed E-state index contributed by atoms with van der Waals surface area (Å²) in [7, 11) is 0. The normalized spacial score (nSPS) is 17.2. The van der Waals surface area contributed by atoms with Crippen LogP contribution in [0.2, 0.25) is 0 Å². The molecule has 25 heavy (non-hydrogen) atoms. The highest BCUT2D eigenvalue weighted by Crippen LogP contribution is 2.20. The van der Waals surface area contributed by atoms with E-state index in [1.807, 2.05) is 19.1 Å². The molecule has 132 valence electrons. The number of carbonyl (C=O) groups is 2. The summed E-state index contributed by atoms with van der Waals surface area (Å²) < 4.78 is 10.4. The van der Waals surface area contributed by atoms with Crippen molar-refractivity contribution in [3.05, 3.63) is 36.1 Å². The number of carbonyl (C=O) groups excluding carboxylic acids is 2. The molecule has 2 N–H and O–H groups in total. The van der Waals surface area contributed by atoms with Gasteiger partial charge in [-0.25, -0.2) is 0 Å². The van der Waals surface area contributed by atoms with Gasteiger partial charge in [0.05, 0.1) is 12.7 Å². The first-order chi connectivity index (χ1) is 12.0. The van der Waals surface area contributed by atoms with Gasteiger partial charge in [-0.15, -0.1) is 0 Å². The van der Waals surface area contributed by atoms with E-state index >= 15 is 0 Å². The Bertz CT molecular complexity index is 756. The molecule has 1 aliphatic rings. The van der Waals surface area contributed by atoms with E-state index in [4.69, 9.17) is 9.26 Å². The zero-order valence-corrected chi connectivity index (χ0v) is 14.1. The minimum atomic E-state index is -0.806. The van der Waals surface area contributed by atoms with E-state index in [0.29, 0.717) is 18.1 Å². The lowest BCUT2D eigenvalue weighted by atomic mass is 10.2. The first-order valence-corrected chi connectivity index (χ1v) is 8.03. The van der Waals surface area contributed by atoms with Gasteiger partial charge in [-0.05, 0) is 38.1 Å². The topological polar surface area (TPSA) is 96.7 Å². The molecule has 1 aromatic heterocycles. The van der Waals surface area contributed by atoms with Crippen molar-refractivity contribution in [2.24, 2.45) is 0 Å². The molecule has 8 nitrogen and oxygen atoms in total. The van der Waals surface area contributed by atoms with Gasteiger partial charge < -0.3 is 19.5 Å². The van der Waals surface area contributed by atoms with E-state index in [1.54, 1.807) is 19.1 Å². The van der Waals surface area contributed by atoms with Crippen LogP contribution in [0.5, 0.6) is 0 Å². The number of amides is 2. The second kappa shape index (κ2) is 7.35. The fourth-order valence-electron chi connectivity index (χ4n) is 2.59. The van der Waals surface area contributed by atoms with Crippen LogP contribution in [0.1, 0.15) is 12.7 Å². The first kappa shape index (κ1) is 17.0. The summed E-state index contributed by atoms with van der Waals surface area (Å²) in [6.07, 6.45) is 0.192. The molecule has 1 aliphatic heterocycles. The highest BCUT2D eigenvalue weighted by Gasteiger charge is 2.18. The molecule has 0 radical (unpaired) electrons. The van der Waals surface area contributed by atoms with Crippen molar-refractivity contribution in [1.82, 2.24) is 5.16 Å². The summed E-state index contributed by atoms with van der Waals surface area (Å²) in [5, 5.41) is 8.54. The first-order valence-electron chi connectivity index (χ1n) is 8.03. The van der Waals surface area contributed by atoms with Gasteiger partial charge in [0.1, 0.15) is 5.76 Å². The van der Waals surface area contributed by atoms with Crippen LogP contribution >= 0.6 is 0 Å². The molecule has 1 saturated heterocycles. The van der Waals surface area contributed by atoms with Crippen molar-refractivity contribution in [3.63, 3.8) is 0 Å². The number of hydrogen-bond donors (Lipinski definition) is 2. The highest BCUT2D eigenvalue weighted by molar-refractivity contribution is 6.43. The van der Waals surface area contributed by atoms with E-state index in [9.17, 15) is 9.59 Å². The van der Waals surface area contributed by atoms with Crippen molar-refractivity contribution < 1.29 is 18.8 Å². The number of aromatic nitrogens is 1. The molecule has 2 aromatic rings. The van der Waals surface area contributed by atoms with Crippen molar-refractivity contribution in [2.45, 2.75) is 20.0 Å². The average molecular weight is 344 g/mol. The molecule has 3 rings (SSSR count). The maximum Gasteiger partial charge on any atom is 0.315 e. The molecule has 2 amide bonds. The molecular weight excluding hydrogens is 324 g/mol. The summed E-state index contributed by atoms with van der Waals surface area (Å²) in [6, 6.07) is 8.88. The quantitative estimate of drug-likeness (QED) is 0.824. The monoisotopic (exact) mass is 344 g/mol. The summed E-state index contributed by atoms with van der Waals surface area (Å²) in [6.45, 7) is 6.08. The van der Waals surface area contributed by atoms with Crippen LogP contribution in [0.4, 0.5) is 17.2 Å². The Kier molecular flexibility index (Phi) is 4.99. The molecule has 2 heterocycles. The van der Waals surface area contributed by atoms with Crippen LogP contribution in [0.15, 0.2) is 34.9 Å². The molecule has 0 saturated carbocycles. The third-order valence-electron chi connectivity index (χ3n) is 3.81. The summed E-state index contributed by atoms with van der Waals surface area (Å²) in [4.78, 5) is 26.0. The van der Waals surface area contributed by atoms with Gasteiger partial charge >= 0.3 is 11.8 Å². The lowest BCUT2D eigenvalue weighted by Crippen LogP contribution is -2.41. The molecule has 8 heteroatoms. The number of nitrogens with one attached hydrogen (secondary N) is 2. The number of nitrogens with zero attached hydrogens (tertiary/aromatic N) is 2. The van der Waals surface area contributed by atoms with Gasteiger partial charge in [-0.3, -0.25) is 14.9 Å². The Morgan fingerprint density at radius 1 is 1.20 bits per heavy atom. The standard InChI is InChI=1S/C17H20N4O4/c1-11-9-15(20-25-11)19-17(23)16(22)18-13-3-5-14(6-4-13)21-7-8-24-12(2)10-21/h3-6,9,12H,7-8,10H2,1-2H3,(H,18,22)(H,19,20,23)/t12-/m1/s1. The van der Waals surface area contributed by atoms with E-state index in [2.05, 4.69) is 20.7 Å². The lowest BCUT2D eigenvalue weighted by Gasteiger charge is -2.33. The Labute approximate surface area is 145 Å². The summed E-state index contributed by atoms with van der Waals surface area (Å²) in [5.74, 6) is -0.828. The van der Waals surface area contributed by atoms with Crippen molar-refractivity contribution in [1.29, 1.82) is 0 Å². The Morgan fingerprint density at radius 3 is 2.56 bits per heavy atom. The number of benzene rings is 1. The smallest absolute Gasteiger partial charge is 0.315 e. The Balaban J connectivity index is 1.57. The van der Waals surface area contributed by atoms with E-state index in [1.165, 1.54) is 6.07 Å². The van der Waals surface area contributed by atoms with Crippen molar-refractivity contribution in [3.8, 4) is 0 Å². The largest absolute Gasteiger partial charge is 0.375 e. The second-order valence-corrected chi connectivity index (χ2v) is 5.91. The molecular formula is C17H20N4O4. The van der Waals surface area contributed by atoms with Crippen LogP contribution in [0, 0.1) is 6.92 Å². The van der Waals surface area contributed by atoms with Crippen molar-refractivity contribution >= 4 is 29.0 Å². The fourth-order valence-corrected chi connectivity index (χ4v) is 2.59. The van der Waals surface area contributed by atoms with E-state index in [0.717, 1.165) is 18.8 Å². The van der Waals surface area contributed by atoms with Gasteiger partial charge in [-0.2, -0.15) is 0 Å². The van der Waals surface area contributed by atoms with Crippen LogP contribution in [-0.2, 0) is 14.3 Å². The van der Waals surface area contributed by atoms with E-state index < -0.39 is 11.8 Å². The third kappa shape index (κ3) is 4.36. The van der Waals surface area contributed by atoms with Crippen LogP contribution < -0.4 is 15.5 Å². The van der Waals surface area contributed by atoms with Crippen LogP contribution in [-0.4, -0.2) is 42.8 Å². The maximum absolute atomic E-state index is 11.9. The Morgan fingerprint density at radius 2 is 1.92 bits per heavy atom. The predicted molar refractivity (Wildman–Crippen MR) is 92.6 cm³/mol. The zero-order chi connectivity index (χ0) is 17.8. The number of hydrogen-bond acceptors (Lipinski definition) is 6. The predicted octanol–water partition coefficient (Wildman–Crippen LogP) is 1.79. The fraction of sp³-hybridized carbons (Fsp3) is 0.353. The summed E-state index contributed by atoms with van der Waals surface area (Å²) >= 11 is 0. The number of morpholine rings is 1. The summed E-state index contributed by atoms with van der Waals surface area (Å²) in [5.41, 5.74) is 1.59. The minimum Gasteiger partial charge on any atom is -0.375 e. The lowest BCUT2D eigenvalue weighted by molar-refractivity contribution is -0.133. The molecule has 0 unspecified atom stereocenters. The van der Waals surface area contributed by atoms with E-state index in [-0.39, 0.29) is 11.9 Å². The van der Waals surface area contributed by atoms with Gasteiger partial charge in [0, 0.05) is 30.5 Å². The SMILES string of the molecule is Cc1cc(NC(=O)C(=O)Nc2ccc(N3CCO[C@H](C)C3)cc2)no1. The highest BCUT2D eigenvalue weighted by atomic mass is 16.5. The number of anilines is 3. The van der Waals surface area contributed by atoms with Gasteiger partial charge in [-0.1, -0.05) is 5.16 Å². The molecule has 1 fully saturated rings. The van der Waals surface area contributed by atoms with Crippen molar-refractivity contribution in [2.75, 3.05) is 35.2 Å². The molecule has 0 spiro atoms. The van der Waals surface area contributed by atoms with Gasteiger partial charge in [0.2, 0.25) is 0 Å². The third-order valence-corrected chi connectivity index (χ3v) is 3.81. The molecule has 1 atom stereocenters. The number of ether oxygens (including phenoxy) is 1. The second-order valence-electron chi connectivity index (χ2n) is 5.91. The average Bonchev–Trinajstić information content (AvgIpc) is 3.00. The maximum atomic E-state index is 11.9. The number of aryl methyl sites for hydroxylation is 1. The number of rotatable bonds is 3. The molecule has 0 aliphatic carbocycles. The minimum absolute atomic E-state index is 0.192. The van der Waals surface area contributed by atoms with Crippen LogP contribution in [0.25, 0.3) is 0 Å². The van der Waals surface area contributed by atoms with Crippen LogP contribution in [0.3, 0.4) is 0 Å².